The first-order valence-corrected chi connectivity index (χ1v) is 7.94. The van der Waals surface area contributed by atoms with E-state index in [4.69, 9.17) is 62.7 Å². The quantitative estimate of drug-likeness (QED) is 0.508. The summed E-state index contributed by atoms with van der Waals surface area (Å²) in [6.45, 7) is 5.97. The van der Waals surface area contributed by atoms with Crippen molar-refractivity contribution in [2.24, 2.45) is 0 Å². The second-order valence-electron chi connectivity index (χ2n) is 4.12. The van der Waals surface area contributed by atoms with Crippen molar-refractivity contribution in [3.8, 4) is 5.69 Å². The van der Waals surface area contributed by atoms with Crippen LogP contribution in [0.1, 0.15) is 18.6 Å². The average molecular weight is 402 g/mol. The van der Waals surface area contributed by atoms with Crippen LogP contribution in [-0.2, 0) is 8.53 Å². The molecule has 1 heterocycles. The van der Waals surface area contributed by atoms with Crippen LogP contribution in [-0.4, -0.2) is 21.4 Å². The first-order chi connectivity index (χ1) is 10.2. The van der Waals surface area contributed by atoms with E-state index in [1.165, 1.54) is 4.68 Å². The Hall–Kier alpha value is -0.650. The molecule has 0 aliphatic carbocycles. The zero-order chi connectivity index (χ0) is 16.5. The Balaban J connectivity index is 2.60. The highest BCUT2D eigenvalue weighted by atomic mass is 35.6. The average Bonchev–Trinajstić information content (AvgIpc) is 2.84. The molecule has 0 aliphatic rings. The van der Waals surface area contributed by atoms with Crippen molar-refractivity contribution < 1.29 is 4.74 Å². The molecule has 118 valence electrons. The summed E-state index contributed by atoms with van der Waals surface area (Å²) < 4.78 is 4.80. The van der Waals surface area contributed by atoms with Gasteiger partial charge in [0, 0.05) is 5.02 Å². The van der Waals surface area contributed by atoms with Gasteiger partial charge in [0.2, 0.25) is 9.62 Å². The highest BCUT2D eigenvalue weighted by molar-refractivity contribution is 6.66. The molecular weight excluding hydrogens is 391 g/mol. The van der Waals surface area contributed by atoms with Gasteiger partial charge in [-0.2, -0.15) is 0 Å². The summed E-state index contributed by atoms with van der Waals surface area (Å²) in [5, 5.41) is 5.07. The molecular formula is C13H10Cl5N3O. The minimum absolute atomic E-state index is 0.0672. The molecule has 2 rings (SSSR count). The zero-order valence-electron chi connectivity index (χ0n) is 11.3. The number of nitrogens with zero attached hydrogens (tertiary/aromatic N) is 3. The molecule has 0 aliphatic heterocycles. The first kappa shape index (κ1) is 17.7. The van der Waals surface area contributed by atoms with Gasteiger partial charge in [-0.25, -0.2) is 9.67 Å². The van der Waals surface area contributed by atoms with E-state index in [9.17, 15) is 0 Å². The number of ether oxygens (including phenoxy) is 1. The molecule has 0 amide bonds. The Morgan fingerprint density at radius 2 is 2.00 bits per heavy atom. The smallest absolute Gasteiger partial charge is 0.250 e. The molecule has 0 atom stereocenters. The van der Waals surface area contributed by atoms with E-state index in [0.29, 0.717) is 22.3 Å². The van der Waals surface area contributed by atoms with E-state index < -0.39 is 3.79 Å². The summed E-state index contributed by atoms with van der Waals surface area (Å²) in [7, 11) is 0. The first-order valence-electron chi connectivity index (χ1n) is 6.05. The molecule has 2 aromatic rings. The third kappa shape index (κ3) is 3.81. The molecule has 0 spiro atoms. The summed E-state index contributed by atoms with van der Waals surface area (Å²) in [6, 6.07) is 4.84. The van der Waals surface area contributed by atoms with Crippen molar-refractivity contribution in [1.82, 2.24) is 14.8 Å². The summed E-state index contributed by atoms with van der Waals surface area (Å²) in [6.07, 6.45) is 0. The van der Waals surface area contributed by atoms with E-state index in [-0.39, 0.29) is 17.4 Å². The van der Waals surface area contributed by atoms with Crippen LogP contribution in [0.4, 0.5) is 0 Å². The fourth-order valence-electron chi connectivity index (χ4n) is 1.67. The number of halogens is 5. The van der Waals surface area contributed by atoms with E-state index in [2.05, 4.69) is 16.7 Å². The Bertz CT molecular complexity index is 708. The van der Waals surface area contributed by atoms with Crippen molar-refractivity contribution in [2.75, 3.05) is 6.61 Å². The Morgan fingerprint density at radius 3 is 2.55 bits per heavy atom. The molecule has 0 N–H and O–H groups in total. The second-order valence-corrected chi connectivity index (χ2v) is 7.25. The van der Waals surface area contributed by atoms with Crippen molar-refractivity contribution in [1.29, 1.82) is 0 Å². The lowest BCUT2D eigenvalue weighted by atomic mass is 10.3. The van der Waals surface area contributed by atoms with Gasteiger partial charge >= 0.3 is 0 Å². The molecule has 1 aromatic heterocycles. The Labute approximate surface area is 152 Å². The van der Waals surface area contributed by atoms with Gasteiger partial charge in [-0.15, -0.1) is 5.10 Å². The largest absolute Gasteiger partial charge is 0.490 e. The Kier molecular flexibility index (Phi) is 5.51. The number of rotatable bonds is 4. The van der Waals surface area contributed by atoms with Crippen LogP contribution in [0.2, 0.25) is 10.0 Å². The minimum Gasteiger partial charge on any atom is -0.490 e. The lowest BCUT2D eigenvalue weighted by Crippen LogP contribution is -2.12. The van der Waals surface area contributed by atoms with Crippen molar-refractivity contribution in [2.45, 2.75) is 10.7 Å². The highest BCUT2D eigenvalue weighted by Crippen LogP contribution is 2.39. The minimum atomic E-state index is -1.80. The topological polar surface area (TPSA) is 39.9 Å². The SMILES string of the molecule is C=C(OCC)c1nc(C(Cl)(Cl)Cl)n(-c2ccc(Cl)cc2Cl)n1. The molecule has 1 aromatic carbocycles. The number of alkyl halides is 3. The van der Waals surface area contributed by atoms with Gasteiger partial charge in [0.05, 0.1) is 17.3 Å². The lowest BCUT2D eigenvalue weighted by Gasteiger charge is -2.12. The number of benzene rings is 1. The van der Waals surface area contributed by atoms with Crippen LogP contribution in [0.15, 0.2) is 24.8 Å². The molecule has 0 fully saturated rings. The second kappa shape index (κ2) is 6.85. The Morgan fingerprint density at radius 1 is 1.32 bits per heavy atom. The summed E-state index contributed by atoms with van der Waals surface area (Å²) >= 11 is 29.9. The van der Waals surface area contributed by atoms with Crippen LogP contribution in [0, 0.1) is 0 Å². The zero-order valence-corrected chi connectivity index (χ0v) is 15.1. The molecule has 0 unspecified atom stereocenters. The van der Waals surface area contributed by atoms with Crippen LogP contribution in [0.5, 0.6) is 0 Å². The molecule has 0 bridgehead atoms. The number of hydrogen-bond acceptors (Lipinski definition) is 3. The predicted molar refractivity (Wildman–Crippen MR) is 91.3 cm³/mol. The van der Waals surface area contributed by atoms with Gasteiger partial charge in [-0.05, 0) is 25.1 Å². The summed E-state index contributed by atoms with van der Waals surface area (Å²) in [4.78, 5) is 4.18. The maximum atomic E-state index is 6.18. The van der Waals surface area contributed by atoms with Gasteiger partial charge in [-0.1, -0.05) is 64.6 Å². The van der Waals surface area contributed by atoms with Crippen molar-refractivity contribution in [3.63, 3.8) is 0 Å². The molecule has 22 heavy (non-hydrogen) atoms. The standard InChI is InChI=1S/C13H10Cl5N3O/c1-3-22-7(2)11-19-12(13(16,17)18)21(20-11)10-5-4-8(14)6-9(10)15/h4-6H,2-3H2,1H3. The van der Waals surface area contributed by atoms with Crippen LogP contribution < -0.4 is 0 Å². The van der Waals surface area contributed by atoms with Gasteiger partial charge in [0.1, 0.15) is 0 Å². The molecule has 0 saturated carbocycles. The summed E-state index contributed by atoms with van der Waals surface area (Å²) in [5.41, 5.74) is 0.468. The molecule has 0 radical (unpaired) electrons. The van der Waals surface area contributed by atoms with E-state index >= 15 is 0 Å². The predicted octanol–water partition coefficient (Wildman–Crippen LogP) is 5.41. The normalized spacial score (nSPS) is 11.5. The number of hydrogen-bond donors (Lipinski definition) is 0. The van der Waals surface area contributed by atoms with Crippen LogP contribution in [0.3, 0.4) is 0 Å². The highest BCUT2D eigenvalue weighted by Gasteiger charge is 2.32. The molecule has 0 saturated heterocycles. The maximum Gasteiger partial charge on any atom is 0.250 e. The maximum absolute atomic E-state index is 6.18. The summed E-state index contributed by atoms with van der Waals surface area (Å²) in [5.74, 6) is 0.536. The van der Waals surface area contributed by atoms with Gasteiger partial charge < -0.3 is 4.74 Å². The fraction of sp³-hybridized carbons (Fsp3) is 0.231. The van der Waals surface area contributed by atoms with E-state index in [1.807, 2.05) is 6.92 Å². The van der Waals surface area contributed by atoms with Gasteiger partial charge in [0.15, 0.2) is 11.6 Å². The fourth-order valence-corrected chi connectivity index (χ4v) is 2.53. The third-order valence-electron chi connectivity index (χ3n) is 2.57. The van der Waals surface area contributed by atoms with Gasteiger partial charge in [-0.3, -0.25) is 0 Å². The van der Waals surface area contributed by atoms with Gasteiger partial charge in [0.25, 0.3) is 0 Å². The molecule has 4 nitrogen and oxygen atoms in total. The van der Waals surface area contributed by atoms with Crippen LogP contribution >= 0.6 is 58.0 Å². The lowest BCUT2D eigenvalue weighted by molar-refractivity contribution is 0.296. The van der Waals surface area contributed by atoms with E-state index in [0.717, 1.165) is 0 Å². The van der Waals surface area contributed by atoms with E-state index in [1.54, 1.807) is 18.2 Å². The third-order valence-corrected chi connectivity index (χ3v) is 3.61. The van der Waals surface area contributed by atoms with Crippen LogP contribution in [0.25, 0.3) is 11.4 Å². The van der Waals surface area contributed by atoms with Crippen molar-refractivity contribution >= 4 is 63.8 Å². The monoisotopic (exact) mass is 399 g/mol. The number of aromatic nitrogens is 3. The van der Waals surface area contributed by atoms with Crippen molar-refractivity contribution in [3.05, 3.63) is 46.5 Å². The molecule has 9 heteroatoms.